The number of fused-ring (bicyclic) bond motifs is 1. The van der Waals surface area contributed by atoms with E-state index in [0.29, 0.717) is 17.0 Å². The van der Waals surface area contributed by atoms with E-state index < -0.39 is 17.2 Å². The molecule has 1 amide bonds. The fourth-order valence-electron chi connectivity index (χ4n) is 3.86. The summed E-state index contributed by atoms with van der Waals surface area (Å²) in [6.45, 7) is 0. The van der Waals surface area contributed by atoms with Crippen LogP contribution in [0.3, 0.4) is 0 Å². The lowest BCUT2D eigenvalue weighted by molar-refractivity contribution is 0.102. The van der Waals surface area contributed by atoms with Gasteiger partial charge in [0.15, 0.2) is 0 Å². The Bertz CT molecular complexity index is 1110. The average Bonchev–Trinajstić information content (AvgIpc) is 2.75. The summed E-state index contributed by atoms with van der Waals surface area (Å²) in [6, 6.07) is 12.0. The maximum absolute atomic E-state index is 12.7. The summed E-state index contributed by atoms with van der Waals surface area (Å²) in [7, 11) is 1.45. The minimum Gasteiger partial charge on any atom is -0.506 e. The first-order valence-corrected chi connectivity index (χ1v) is 10.1. The van der Waals surface area contributed by atoms with E-state index in [1.807, 2.05) is 0 Å². The summed E-state index contributed by atoms with van der Waals surface area (Å²) in [6.07, 6.45) is 6.00. The summed E-state index contributed by atoms with van der Waals surface area (Å²) in [5, 5.41) is 13.6. The van der Waals surface area contributed by atoms with Gasteiger partial charge in [-0.25, -0.2) is 0 Å². The van der Waals surface area contributed by atoms with Gasteiger partial charge in [-0.2, -0.15) is 0 Å². The van der Waals surface area contributed by atoms with E-state index in [1.54, 1.807) is 42.5 Å². The molecule has 7 nitrogen and oxygen atoms in total. The predicted molar refractivity (Wildman–Crippen MR) is 115 cm³/mol. The maximum Gasteiger partial charge on any atom is 0.265 e. The zero-order valence-corrected chi connectivity index (χ0v) is 16.7. The normalized spacial score (nSPS) is 14.4. The van der Waals surface area contributed by atoms with Crippen LogP contribution in [0.2, 0.25) is 0 Å². The Morgan fingerprint density at radius 3 is 2.53 bits per heavy atom. The molecule has 0 unspecified atom stereocenters. The molecule has 30 heavy (non-hydrogen) atoms. The number of methoxy groups -OCH3 is 1. The van der Waals surface area contributed by atoms with Gasteiger partial charge in [-0.1, -0.05) is 12.5 Å². The van der Waals surface area contributed by atoms with Crippen molar-refractivity contribution >= 4 is 22.5 Å². The fraction of sp³-hybridized carbons (Fsp3) is 0.304. The van der Waals surface area contributed by atoms with E-state index >= 15 is 0 Å². The summed E-state index contributed by atoms with van der Waals surface area (Å²) in [5.74, 6) is -0.0148. The molecule has 1 aromatic heterocycles. The number of aromatic amines is 1. The van der Waals surface area contributed by atoms with Crippen LogP contribution in [0.15, 0.2) is 47.3 Å². The first-order valence-electron chi connectivity index (χ1n) is 10.1. The van der Waals surface area contributed by atoms with Crippen molar-refractivity contribution in [2.45, 2.75) is 38.2 Å². The van der Waals surface area contributed by atoms with Crippen LogP contribution >= 0.6 is 0 Å². The number of carbonyl (C=O) groups excluding carboxylic acids is 1. The fourth-order valence-corrected chi connectivity index (χ4v) is 3.86. The topological polar surface area (TPSA) is 101 Å². The number of rotatable bonds is 5. The maximum atomic E-state index is 12.7. The minimum absolute atomic E-state index is 0.238. The number of aromatic hydroxyl groups is 1. The van der Waals surface area contributed by atoms with Crippen molar-refractivity contribution in [3.63, 3.8) is 0 Å². The zero-order valence-electron chi connectivity index (χ0n) is 16.7. The van der Waals surface area contributed by atoms with Crippen LogP contribution in [0.5, 0.6) is 17.2 Å². The van der Waals surface area contributed by atoms with Crippen molar-refractivity contribution in [3.05, 3.63) is 58.4 Å². The molecule has 0 spiro atoms. The van der Waals surface area contributed by atoms with E-state index in [4.69, 9.17) is 9.47 Å². The molecule has 2 aromatic carbocycles. The number of ether oxygens (including phenoxy) is 2. The third kappa shape index (κ3) is 3.96. The number of hydrogen-bond acceptors (Lipinski definition) is 5. The Morgan fingerprint density at radius 1 is 1.10 bits per heavy atom. The predicted octanol–water partition coefficient (Wildman–Crippen LogP) is 4.21. The molecule has 1 aliphatic carbocycles. The van der Waals surface area contributed by atoms with Crippen LogP contribution in [0.25, 0.3) is 10.9 Å². The third-order valence-electron chi connectivity index (χ3n) is 5.39. The Morgan fingerprint density at radius 2 is 1.83 bits per heavy atom. The van der Waals surface area contributed by atoms with Gasteiger partial charge < -0.3 is 24.9 Å². The van der Waals surface area contributed by atoms with Crippen LogP contribution in [0.1, 0.15) is 42.5 Å². The highest BCUT2D eigenvalue weighted by atomic mass is 16.5. The first kappa shape index (κ1) is 19.8. The third-order valence-corrected chi connectivity index (χ3v) is 5.39. The number of benzene rings is 2. The number of H-pyrrole nitrogens is 1. The molecule has 0 radical (unpaired) electrons. The molecule has 3 N–H and O–H groups in total. The molecule has 0 bridgehead atoms. The molecule has 0 atom stereocenters. The monoisotopic (exact) mass is 408 g/mol. The van der Waals surface area contributed by atoms with E-state index in [0.717, 1.165) is 18.6 Å². The van der Waals surface area contributed by atoms with Crippen molar-refractivity contribution in [1.29, 1.82) is 0 Å². The standard InChI is InChI=1S/C23H24N2O5/c1-29-18-9-5-8-17-19(18)21(26)20(23(28)25-17)22(27)24-14-10-12-16(13-11-14)30-15-6-3-2-4-7-15/h5,8-13,15H,2-4,6-7H2,1H3,(H,24,27)(H2,25,26,28). The van der Waals surface area contributed by atoms with E-state index in [1.165, 1.54) is 26.4 Å². The smallest absolute Gasteiger partial charge is 0.265 e. The highest BCUT2D eigenvalue weighted by Gasteiger charge is 2.21. The van der Waals surface area contributed by atoms with Gasteiger partial charge in [0.1, 0.15) is 22.8 Å². The molecule has 0 saturated heterocycles. The number of carbonyl (C=O) groups is 1. The van der Waals surface area contributed by atoms with Crippen LogP contribution in [0.4, 0.5) is 5.69 Å². The molecule has 0 aliphatic heterocycles. The summed E-state index contributed by atoms with van der Waals surface area (Å²) in [4.78, 5) is 27.8. The Kier molecular flexibility index (Phi) is 5.61. The summed E-state index contributed by atoms with van der Waals surface area (Å²) in [5.41, 5.74) is -0.162. The van der Waals surface area contributed by atoms with Gasteiger partial charge >= 0.3 is 0 Å². The lowest BCUT2D eigenvalue weighted by Crippen LogP contribution is -2.23. The van der Waals surface area contributed by atoms with Crippen LogP contribution in [-0.2, 0) is 0 Å². The van der Waals surface area contributed by atoms with Gasteiger partial charge in [-0.3, -0.25) is 9.59 Å². The number of nitrogens with one attached hydrogen (secondary N) is 2. The van der Waals surface area contributed by atoms with Gasteiger partial charge in [-0.15, -0.1) is 0 Å². The second-order valence-corrected chi connectivity index (χ2v) is 7.42. The Hall–Kier alpha value is -3.48. The molecule has 1 fully saturated rings. The Balaban J connectivity index is 1.55. The second-order valence-electron chi connectivity index (χ2n) is 7.42. The highest BCUT2D eigenvalue weighted by molar-refractivity contribution is 6.09. The number of aromatic nitrogens is 1. The minimum atomic E-state index is -0.706. The largest absolute Gasteiger partial charge is 0.506 e. The number of anilines is 1. The molecule has 1 aliphatic rings. The van der Waals surface area contributed by atoms with Gasteiger partial charge in [-0.05, 0) is 62.1 Å². The van der Waals surface area contributed by atoms with E-state index in [2.05, 4.69) is 10.3 Å². The molecule has 156 valence electrons. The molecule has 7 heteroatoms. The van der Waals surface area contributed by atoms with E-state index in [-0.39, 0.29) is 17.1 Å². The van der Waals surface area contributed by atoms with Gasteiger partial charge in [0.05, 0.1) is 24.1 Å². The van der Waals surface area contributed by atoms with Crippen molar-refractivity contribution < 1.29 is 19.4 Å². The lowest BCUT2D eigenvalue weighted by Gasteiger charge is -2.23. The van der Waals surface area contributed by atoms with Gasteiger partial charge in [0, 0.05) is 5.69 Å². The summed E-state index contributed by atoms with van der Waals surface area (Å²) >= 11 is 0. The first-order chi connectivity index (χ1) is 14.6. The van der Waals surface area contributed by atoms with Gasteiger partial charge in [0.2, 0.25) is 0 Å². The number of amides is 1. The molecule has 4 rings (SSSR count). The molecule has 1 saturated carbocycles. The lowest BCUT2D eigenvalue weighted by atomic mass is 9.98. The molecular weight excluding hydrogens is 384 g/mol. The average molecular weight is 408 g/mol. The van der Waals surface area contributed by atoms with Crippen LogP contribution < -0.4 is 20.3 Å². The van der Waals surface area contributed by atoms with Crippen molar-refractivity contribution in [2.75, 3.05) is 12.4 Å². The summed E-state index contributed by atoms with van der Waals surface area (Å²) < 4.78 is 11.2. The van der Waals surface area contributed by atoms with Crippen molar-refractivity contribution in [2.24, 2.45) is 0 Å². The Labute approximate surface area is 173 Å². The van der Waals surface area contributed by atoms with Crippen LogP contribution in [0, 0.1) is 0 Å². The van der Waals surface area contributed by atoms with E-state index in [9.17, 15) is 14.7 Å². The second kappa shape index (κ2) is 8.49. The molecular formula is C23H24N2O5. The zero-order chi connectivity index (χ0) is 21.1. The quantitative estimate of drug-likeness (QED) is 0.587. The highest BCUT2D eigenvalue weighted by Crippen LogP contribution is 2.33. The molecule has 1 heterocycles. The number of pyridine rings is 1. The SMILES string of the molecule is COc1cccc2[nH]c(=O)c(C(=O)Nc3ccc(OC4CCCCC4)cc3)c(O)c12. The molecule has 3 aromatic rings. The van der Waals surface area contributed by atoms with Gasteiger partial charge in [0.25, 0.3) is 11.5 Å². The van der Waals surface area contributed by atoms with Crippen molar-refractivity contribution in [1.82, 2.24) is 4.98 Å². The van der Waals surface area contributed by atoms with Crippen LogP contribution in [-0.4, -0.2) is 29.2 Å². The van der Waals surface area contributed by atoms with Crippen molar-refractivity contribution in [3.8, 4) is 17.2 Å². The number of hydrogen-bond donors (Lipinski definition) is 3.